The van der Waals surface area contributed by atoms with Crippen LogP contribution in [-0.2, 0) is 0 Å². The van der Waals surface area contributed by atoms with Gasteiger partial charge >= 0.3 is 0 Å². The van der Waals surface area contributed by atoms with Gasteiger partial charge in [-0.05, 0) is 29.4 Å². The quantitative estimate of drug-likeness (QED) is 0.590. The second kappa shape index (κ2) is 3.98. The number of hydrogen-bond acceptors (Lipinski definition) is 7. The first kappa shape index (κ1) is 10.9. The molecule has 0 unspecified atom stereocenters. The Morgan fingerprint density at radius 2 is 1.90 bits per heavy atom. The third kappa shape index (κ3) is 1.51. The van der Waals surface area contributed by atoms with Crippen molar-refractivity contribution in [1.82, 2.24) is 29.9 Å². The fraction of sp³-hybridized carbons (Fsp3) is 0.0833. The zero-order valence-corrected chi connectivity index (χ0v) is 10.5. The molecule has 0 fully saturated rings. The lowest BCUT2D eigenvalue weighted by Gasteiger charge is -2.06. The Morgan fingerprint density at radius 3 is 2.75 bits per heavy atom. The van der Waals surface area contributed by atoms with Crippen molar-refractivity contribution in [3.05, 3.63) is 36.2 Å². The summed E-state index contributed by atoms with van der Waals surface area (Å²) in [6.07, 6.45) is 0. The van der Waals surface area contributed by atoms with Crippen LogP contribution >= 0.6 is 0 Å². The first-order valence-electron chi connectivity index (χ1n) is 5.99. The average molecular weight is 267 g/mol. The molecule has 0 aliphatic carbocycles. The van der Waals surface area contributed by atoms with Gasteiger partial charge in [0.15, 0.2) is 5.82 Å². The lowest BCUT2D eigenvalue weighted by atomic mass is 10.3. The van der Waals surface area contributed by atoms with Crippen LogP contribution in [0.5, 0.6) is 0 Å². The minimum absolute atomic E-state index is 0.402. The molecular formula is C12H9N7O. The summed E-state index contributed by atoms with van der Waals surface area (Å²) in [4.78, 5) is 4.37. The Labute approximate surface area is 112 Å². The van der Waals surface area contributed by atoms with E-state index >= 15 is 0 Å². The van der Waals surface area contributed by atoms with Crippen LogP contribution in [0, 0.1) is 6.92 Å². The second-order valence-corrected chi connectivity index (χ2v) is 4.27. The number of nitrogens with zero attached hydrogens (tertiary/aromatic N) is 6. The Kier molecular flexibility index (Phi) is 2.16. The molecule has 3 heterocycles. The van der Waals surface area contributed by atoms with Crippen LogP contribution in [0.15, 0.2) is 35.0 Å². The predicted molar refractivity (Wildman–Crippen MR) is 70.6 cm³/mol. The highest BCUT2D eigenvalue weighted by Gasteiger charge is 2.16. The minimum Gasteiger partial charge on any atom is -0.337 e. The summed E-state index contributed by atoms with van der Waals surface area (Å²) in [5, 5.41) is 19.0. The molecule has 98 valence electrons. The number of benzene rings is 1. The van der Waals surface area contributed by atoms with Crippen LogP contribution in [0.4, 0.5) is 11.5 Å². The van der Waals surface area contributed by atoms with Gasteiger partial charge in [-0.15, -0.1) is 10.2 Å². The molecule has 4 rings (SSSR count). The average Bonchev–Trinajstić information content (AvgIpc) is 3.06. The number of hydrogen-bond donors (Lipinski definition) is 1. The number of aryl methyl sites for hydroxylation is 1. The van der Waals surface area contributed by atoms with E-state index in [4.69, 9.17) is 4.63 Å². The molecule has 8 heteroatoms. The molecule has 0 radical (unpaired) electrons. The monoisotopic (exact) mass is 267 g/mol. The largest absolute Gasteiger partial charge is 0.337 e. The SMILES string of the molecule is Cc1nnc2c(Nc3ccccc3)nc3nonc3n12. The number of nitrogens with one attached hydrogen (secondary N) is 1. The number of para-hydroxylation sites is 1. The molecule has 0 saturated heterocycles. The Balaban J connectivity index is 1.97. The van der Waals surface area contributed by atoms with Crippen molar-refractivity contribution < 1.29 is 4.63 Å². The van der Waals surface area contributed by atoms with Gasteiger partial charge in [-0.25, -0.2) is 9.61 Å². The maximum atomic E-state index is 4.74. The molecule has 20 heavy (non-hydrogen) atoms. The fourth-order valence-electron chi connectivity index (χ4n) is 2.06. The van der Waals surface area contributed by atoms with Crippen LogP contribution < -0.4 is 5.32 Å². The lowest BCUT2D eigenvalue weighted by Crippen LogP contribution is -2.00. The van der Waals surface area contributed by atoms with E-state index in [2.05, 4.69) is 30.8 Å². The number of anilines is 2. The Bertz CT molecular complexity index is 896. The summed E-state index contributed by atoms with van der Waals surface area (Å²) in [6, 6.07) is 9.69. The smallest absolute Gasteiger partial charge is 0.244 e. The van der Waals surface area contributed by atoms with E-state index in [-0.39, 0.29) is 0 Å². The van der Waals surface area contributed by atoms with E-state index < -0.39 is 0 Å². The topological polar surface area (TPSA) is 94.0 Å². The highest BCUT2D eigenvalue weighted by molar-refractivity contribution is 5.79. The van der Waals surface area contributed by atoms with Gasteiger partial charge in [0, 0.05) is 5.69 Å². The molecule has 0 aliphatic rings. The van der Waals surface area contributed by atoms with Crippen molar-refractivity contribution >= 4 is 28.4 Å². The maximum absolute atomic E-state index is 4.74. The predicted octanol–water partition coefficient (Wildman–Crippen LogP) is 1.71. The van der Waals surface area contributed by atoms with Crippen molar-refractivity contribution in [3.8, 4) is 0 Å². The summed E-state index contributed by atoms with van der Waals surface area (Å²) < 4.78 is 6.49. The maximum Gasteiger partial charge on any atom is 0.244 e. The van der Waals surface area contributed by atoms with E-state index in [1.807, 2.05) is 37.3 Å². The minimum atomic E-state index is 0.402. The van der Waals surface area contributed by atoms with E-state index in [9.17, 15) is 0 Å². The Hall–Kier alpha value is -3.03. The molecule has 0 bridgehead atoms. The van der Waals surface area contributed by atoms with E-state index in [1.54, 1.807) is 4.40 Å². The molecule has 0 spiro atoms. The summed E-state index contributed by atoms with van der Waals surface area (Å²) >= 11 is 0. The van der Waals surface area contributed by atoms with Gasteiger partial charge in [-0.1, -0.05) is 18.2 Å². The third-order valence-electron chi connectivity index (χ3n) is 2.96. The number of rotatable bonds is 2. The van der Waals surface area contributed by atoms with Gasteiger partial charge < -0.3 is 5.32 Å². The first-order chi connectivity index (χ1) is 9.83. The highest BCUT2D eigenvalue weighted by Crippen LogP contribution is 2.22. The van der Waals surface area contributed by atoms with Gasteiger partial charge in [0.25, 0.3) is 0 Å². The van der Waals surface area contributed by atoms with Gasteiger partial charge in [-0.3, -0.25) is 4.40 Å². The van der Waals surface area contributed by atoms with Gasteiger partial charge in [0.1, 0.15) is 5.82 Å². The van der Waals surface area contributed by atoms with Crippen LogP contribution in [0.25, 0.3) is 16.9 Å². The molecule has 1 aromatic carbocycles. The summed E-state index contributed by atoms with van der Waals surface area (Å²) in [5.74, 6) is 1.25. The molecule has 0 aliphatic heterocycles. The van der Waals surface area contributed by atoms with E-state index in [0.29, 0.717) is 28.6 Å². The van der Waals surface area contributed by atoms with Gasteiger partial charge in [-0.2, -0.15) is 0 Å². The summed E-state index contributed by atoms with van der Waals surface area (Å²) in [7, 11) is 0. The van der Waals surface area contributed by atoms with Crippen LogP contribution in [-0.4, -0.2) is 29.9 Å². The van der Waals surface area contributed by atoms with Gasteiger partial charge in [0.2, 0.25) is 16.9 Å². The standard InChI is InChI=1S/C12H9N7O/c1-7-15-16-11-9(13-8-5-3-2-4-6-8)14-10-12(19(7)11)18-20-17-10/h2-6H,1H3,(H,13,14,17). The highest BCUT2D eigenvalue weighted by atomic mass is 16.6. The van der Waals surface area contributed by atoms with Crippen molar-refractivity contribution in [2.24, 2.45) is 0 Å². The molecule has 0 saturated carbocycles. The molecule has 0 amide bonds. The zero-order valence-electron chi connectivity index (χ0n) is 10.5. The zero-order chi connectivity index (χ0) is 13.5. The first-order valence-corrected chi connectivity index (χ1v) is 5.99. The van der Waals surface area contributed by atoms with Crippen LogP contribution in [0.2, 0.25) is 0 Å². The second-order valence-electron chi connectivity index (χ2n) is 4.27. The van der Waals surface area contributed by atoms with Crippen molar-refractivity contribution in [1.29, 1.82) is 0 Å². The molecule has 0 atom stereocenters. The summed E-state index contributed by atoms with van der Waals surface area (Å²) in [5.41, 5.74) is 2.38. The number of aromatic nitrogens is 6. The van der Waals surface area contributed by atoms with Gasteiger partial charge in [0.05, 0.1) is 0 Å². The third-order valence-corrected chi connectivity index (χ3v) is 2.96. The molecule has 4 aromatic rings. The molecule has 3 aromatic heterocycles. The number of fused-ring (bicyclic) bond motifs is 3. The van der Waals surface area contributed by atoms with Crippen molar-refractivity contribution in [3.63, 3.8) is 0 Å². The van der Waals surface area contributed by atoms with Crippen LogP contribution in [0.1, 0.15) is 5.82 Å². The normalized spacial score (nSPS) is 11.2. The van der Waals surface area contributed by atoms with Crippen molar-refractivity contribution in [2.75, 3.05) is 5.32 Å². The van der Waals surface area contributed by atoms with Crippen molar-refractivity contribution in [2.45, 2.75) is 6.92 Å². The van der Waals surface area contributed by atoms with E-state index in [1.165, 1.54) is 0 Å². The van der Waals surface area contributed by atoms with Crippen LogP contribution in [0.3, 0.4) is 0 Å². The molecular weight excluding hydrogens is 258 g/mol. The Morgan fingerprint density at radius 1 is 1.05 bits per heavy atom. The molecule has 1 N–H and O–H groups in total. The molecule has 8 nitrogen and oxygen atoms in total. The summed E-state index contributed by atoms with van der Waals surface area (Å²) in [6.45, 7) is 1.83. The lowest BCUT2D eigenvalue weighted by molar-refractivity contribution is 0.313. The van der Waals surface area contributed by atoms with E-state index in [0.717, 1.165) is 5.69 Å². The fourth-order valence-corrected chi connectivity index (χ4v) is 2.06.